The Morgan fingerprint density at radius 1 is 0.800 bits per heavy atom. The van der Waals surface area contributed by atoms with Gasteiger partial charge < -0.3 is 15.2 Å². The van der Waals surface area contributed by atoms with Gasteiger partial charge in [-0.25, -0.2) is 4.98 Å². The van der Waals surface area contributed by atoms with E-state index in [1.807, 2.05) is 53.1 Å². The standard InChI is InChI=1S/C32H26N6O2/c33-31(19-32(20-31)39-16-17-40-32)23-11-9-22(10-12-23)28-24(21-6-2-1-3-7-21)18-25-26(35-28)13-15-38-29(25)36-37-30(38)27-8-4-5-14-34-27/h1-15,18H,16-17,19-20,33H2. The molecule has 4 aromatic heterocycles. The van der Waals surface area contributed by atoms with E-state index in [2.05, 4.69) is 57.6 Å². The third kappa shape index (κ3) is 3.65. The fraction of sp³-hybridized carbons (Fsp3) is 0.188. The quantitative estimate of drug-likeness (QED) is 0.330. The molecule has 0 radical (unpaired) electrons. The van der Waals surface area contributed by atoms with Crippen LogP contribution < -0.4 is 5.73 Å². The summed E-state index contributed by atoms with van der Waals surface area (Å²) in [6.45, 7) is 1.27. The number of ether oxygens (including phenoxy) is 2. The summed E-state index contributed by atoms with van der Waals surface area (Å²) in [6, 6.07) is 28.7. The first kappa shape index (κ1) is 23.4. The maximum atomic E-state index is 6.76. The fourth-order valence-electron chi connectivity index (χ4n) is 6.10. The van der Waals surface area contributed by atoms with Crippen molar-refractivity contribution in [3.05, 3.63) is 103 Å². The van der Waals surface area contributed by atoms with E-state index in [1.54, 1.807) is 6.20 Å². The molecule has 0 atom stereocenters. The summed E-state index contributed by atoms with van der Waals surface area (Å²) < 4.78 is 13.6. The SMILES string of the molecule is NC1(c2ccc(-c3nc4ccn5c(-c6ccccn6)nnc5c4cc3-c3ccccc3)cc2)CC2(C1)OCCO2. The predicted molar refractivity (Wildman–Crippen MR) is 152 cm³/mol. The van der Waals surface area contributed by atoms with Crippen molar-refractivity contribution in [2.24, 2.45) is 5.73 Å². The molecule has 6 aromatic rings. The molecule has 1 spiro atoms. The lowest BCUT2D eigenvalue weighted by Gasteiger charge is -2.50. The molecule has 1 aliphatic carbocycles. The summed E-state index contributed by atoms with van der Waals surface area (Å²) in [5.41, 5.74) is 13.8. The van der Waals surface area contributed by atoms with Crippen LogP contribution in [0, 0.1) is 0 Å². The molecule has 1 aliphatic heterocycles. The van der Waals surface area contributed by atoms with Gasteiger partial charge >= 0.3 is 0 Å². The molecule has 5 heterocycles. The molecule has 8 heteroatoms. The zero-order valence-electron chi connectivity index (χ0n) is 21.7. The van der Waals surface area contributed by atoms with Crippen molar-refractivity contribution in [2.75, 3.05) is 13.2 Å². The van der Waals surface area contributed by atoms with Gasteiger partial charge in [-0.05, 0) is 35.4 Å². The Hall–Kier alpha value is -4.50. The minimum Gasteiger partial charge on any atom is -0.347 e. The third-order valence-electron chi connectivity index (χ3n) is 8.07. The Labute approximate surface area is 230 Å². The minimum absolute atomic E-state index is 0.452. The van der Waals surface area contributed by atoms with Gasteiger partial charge in [0.25, 0.3) is 0 Å². The highest BCUT2D eigenvalue weighted by molar-refractivity contribution is 5.98. The Morgan fingerprint density at radius 2 is 1.57 bits per heavy atom. The first-order chi connectivity index (χ1) is 19.6. The van der Waals surface area contributed by atoms with Crippen LogP contribution in [0.1, 0.15) is 18.4 Å². The van der Waals surface area contributed by atoms with Gasteiger partial charge in [-0.15, -0.1) is 10.2 Å². The molecule has 8 nitrogen and oxygen atoms in total. The molecule has 2 aromatic carbocycles. The first-order valence-electron chi connectivity index (χ1n) is 13.4. The summed E-state index contributed by atoms with van der Waals surface area (Å²) >= 11 is 0. The molecule has 1 saturated carbocycles. The second-order valence-electron chi connectivity index (χ2n) is 10.6. The van der Waals surface area contributed by atoms with E-state index in [4.69, 9.17) is 20.2 Å². The topological polar surface area (TPSA) is 100 Å². The maximum absolute atomic E-state index is 6.76. The molecule has 196 valence electrons. The van der Waals surface area contributed by atoms with Crippen LogP contribution in [0.4, 0.5) is 0 Å². The van der Waals surface area contributed by atoms with Crippen LogP contribution >= 0.6 is 0 Å². The Kier molecular flexibility index (Phi) is 5.12. The monoisotopic (exact) mass is 526 g/mol. The average molecular weight is 527 g/mol. The van der Waals surface area contributed by atoms with Crippen molar-refractivity contribution in [3.63, 3.8) is 0 Å². The van der Waals surface area contributed by atoms with Gasteiger partial charge in [-0.1, -0.05) is 60.7 Å². The molecule has 0 amide bonds. The number of benzene rings is 2. The molecule has 2 N–H and O–H groups in total. The lowest BCUT2D eigenvalue weighted by Crippen LogP contribution is -2.60. The molecule has 8 rings (SSSR count). The lowest BCUT2D eigenvalue weighted by atomic mass is 9.68. The number of nitrogens with zero attached hydrogens (tertiary/aromatic N) is 5. The largest absolute Gasteiger partial charge is 0.347 e. The fourth-order valence-corrected chi connectivity index (χ4v) is 6.10. The first-order valence-corrected chi connectivity index (χ1v) is 13.4. The van der Waals surface area contributed by atoms with Crippen LogP contribution in [0.3, 0.4) is 0 Å². The number of aromatic nitrogens is 5. The highest BCUT2D eigenvalue weighted by atomic mass is 16.7. The van der Waals surface area contributed by atoms with Crippen LogP contribution in [-0.2, 0) is 15.0 Å². The predicted octanol–water partition coefficient (Wildman–Crippen LogP) is 5.36. The van der Waals surface area contributed by atoms with Crippen molar-refractivity contribution in [1.82, 2.24) is 24.6 Å². The van der Waals surface area contributed by atoms with Crippen LogP contribution in [-0.4, -0.2) is 43.6 Å². The van der Waals surface area contributed by atoms with Crippen molar-refractivity contribution >= 4 is 16.6 Å². The zero-order valence-corrected chi connectivity index (χ0v) is 21.7. The molecule has 2 fully saturated rings. The highest BCUT2D eigenvalue weighted by Crippen LogP contribution is 2.51. The molecular weight excluding hydrogens is 500 g/mol. The second-order valence-corrected chi connectivity index (χ2v) is 10.6. The van der Waals surface area contributed by atoms with E-state index >= 15 is 0 Å². The van der Waals surface area contributed by atoms with Gasteiger partial charge in [0.15, 0.2) is 17.3 Å². The summed E-state index contributed by atoms with van der Waals surface area (Å²) in [5, 5.41) is 9.93. The van der Waals surface area contributed by atoms with E-state index < -0.39 is 11.3 Å². The number of hydrogen-bond acceptors (Lipinski definition) is 7. The van der Waals surface area contributed by atoms with Crippen molar-refractivity contribution in [1.29, 1.82) is 0 Å². The molecule has 40 heavy (non-hydrogen) atoms. The Morgan fingerprint density at radius 3 is 2.33 bits per heavy atom. The molecule has 1 saturated heterocycles. The van der Waals surface area contributed by atoms with Crippen LogP contribution in [0.5, 0.6) is 0 Å². The normalized spacial score (nSPS) is 17.4. The van der Waals surface area contributed by atoms with E-state index in [0.717, 1.165) is 50.2 Å². The second kappa shape index (κ2) is 8.76. The summed E-state index contributed by atoms with van der Waals surface area (Å²) in [5.74, 6) is 0.192. The molecule has 0 unspecified atom stereocenters. The van der Waals surface area contributed by atoms with Crippen LogP contribution in [0.2, 0.25) is 0 Å². The van der Waals surface area contributed by atoms with E-state index in [0.29, 0.717) is 31.9 Å². The van der Waals surface area contributed by atoms with Gasteiger partial charge in [0.2, 0.25) is 0 Å². The average Bonchev–Trinajstić information content (AvgIpc) is 3.65. The number of nitrogens with two attached hydrogens (primary N) is 1. The van der Waals surface area contributed by atoms with E-state index in [9.17, 15) is 0 Å². The number of fused-ring (bicyclic) bond motifs is 3. The highest BCUT2D eigenvalue weighted by Gasteiger charge is 2.57. The minimum atomic E-state index is -0.503. The lowest BCUT2D eigenvalue weighted by molar-refractivity contribution is -0.239. The van der Waals surface area contributed by atoms with E-state index in [-0.39, 0.29) is 0 Å². The number of hydrogen-bond donors (Lipinski definition) is 1. The zero-order chi connectivity index (χ0) is 26.7. The van der Waals surface area contributed by atoms with Gasteiger partial charge in [0.1, 0.15) is 5.69 Å². The Bertz CT molecular complexity index is 1860. The maximum Gasteiger partial charge on any atom is 0.187 e. The smallest absolute Gasteiger partial charge is 0.187 e. The van der Waals surface area contributed by atoms with Gasteiger partial charge in [-0.2, -0.15) is 0 Å². The summed E-state index contributed by atoms with van der Waals surface area (Å²) in [7, 11) is 0. The van der Waals surface area contributed by atoms with Gasteiger partial charge in [0.05, 0.1) is 30.0 Å². The molecule has 2 aliphatic rings. The number of rotatable bonds is 4. The van der Waals surface area contributed by atoms with Crippen molar-refractivity contribution < 1.29 is 9.47 Å². The summed E-state index contributed by atoms with van der Waals surface area (Å²) in [4.78, 5) is 9.63. The Balaban J connectivity index is 1.24. The van der Waals surface area contributed by atoms with Crippen LogP contribution in [0.15, 0.2) is 97.3 Å². The van der Waals surface area contributed by atoms with E-state index in [1.165, 1.54) is 0 Å². The summed E-state index contributed by atoms with van der Waals surface area (Å²) in [6.07, 6.45) is 5.05. The van der Waals surface area contributed by atoms with Crippen LogP contribution in [0.25, 0.3) is 50.5 Å². The van der Waals surface area contributed by atoms with Gasteiger partial charge in [-0.3, -0.25) is 9.38 Å². The third-order valence-corrected chi connectivity index (χ3v) is 8.07. The number of pyridine rings is 3. The molecular formula is C32H26N6O2. The van der Waals surface area contributed by atoms with Crippen molar-refractivity contribution in [2.45, 2.75) is 24.2 Å². The van der Waals surface area contributed by atoms with Gasteiger partial charge in [0, 0.05) is 41.7 Å². The molecule has 0 bridgehead atoms. The van der Waals surface area contributed by atoms with Crippen molar-refractivity contribution in [3.8, 4) is 33.9 Å².